The van der Waals surface area contributed by atoms with Crippen molar-refractivity contribution in [3.8, 4) is 0 Å². The number of hydrogen-bond acceptors (Lipinski definition) is 6. The first-order valence-corrected chi connectivity index (χ1v) is 5.46. The molecule has 3 N–H and O–H groups in total. The van der Waals surface area contributed by atoms with Gasteiger partial charge in [-0.25, -0.2) is 14.4 Å². The maximum Gasteiger partial charge on any atom is 0.406 e. The molecule has 2 atom stereocenters. The van der Waals surface area contributed by atoms with Crippen LogP contribution in [0.4, 0.5) is 4.79 Å². The molecule has 0 aromatic heterocycles. The van der Waals surface area contributed by atoms with Crippen LogP contribution in [0.3, 0.4) is 0 Å². The molecule has 2 amide bonds. The van der Waals surface area contributed by atoms with Gasteiger partial charge in [-0.3, -0.25) is 9.69 Å². The zero-order valence-electron chi connectivity index (χ0n) is 11.3. The van der Waals surface area contributed by atoms with Gasteiger partial charge < -0.3 is 20.3 Å². The van der Waals surface area contributed by atoms with Gasteiger partial charge in [0.05, 0.1) is 0 Å². The smallest absolute Gasteiger partial charge is 0.406 e. The van der Waals surface area contributed by atoms with Gasteiger partial charge in [0, 0.05) is 5.57 Å². The number of ether oxygens (including phenoxy) is 2. The van der Waals surface area contributed by atoms with Gasteiger partial charge in [-0.2, -0.15) is 0 Å². The number of nitrogens with zero attached hydrogens (tertiary/aromatic N) is 1. The Morgan fingerprint density at radius 3 is 1.95 bits per heavy atom. The van der Waals surface area contributed by atoms with Crippen LogP contribution in [-0.4, -0.2) is 46.4 Å². The second kappa shape index (κ2) is 7.12. The molecule has 0 bridgehead atoms. The number of carbonyl (C=O) groups is 4. The van der Waals surface area contributed by atoms with E-state index in [-0.39, 0.29) is 5.57 Å². The molecule has 0 rings (SSSR count). The van der Waals surface area contributed by atoms with Crippen molar-refractivity contribution in [3.05, 3.63) is 12.2 Å². The van der Waals surface area contributed by atoms with Gasteiger partial charge in [0.2, 0.25) is 0 Å². The lowest BCUT2D eigenvalue weighted by atomic mass is 10.3. The van der Waals surface area contributed by atoms with Crippen molar-refractivity contribution in [1.82, 2.24) is 4.90 Å². The number of hydrogen-bond donors (Lipinski definition) is 2. The van der Waals surface area contributed by atoms with Crippen molar-refractivity contribution in [2.45, 2.75) is 33.2 Å². The normalized spacial score (nSPS) is 12.8. The lowest BCUT2D eigenvalue weighted by Crippen LogP contribution is -2.51. The van der Waals surface area contributed by atoms with Gasteiger partial charge in [0.25, 0.3) is 0 Å². The van der Waals surface area contributed by atoms with Crippen molar-refractivity contribution >= 4 is 23.9 Å². The van der Waals surface area contributed by atoms with Gasteiger partial charge in [-0.05, 0) is 20.8 Å². The standard InChI is InChI=1S/C11H16N2O7/c1-5(2)10(17)19-6(3)13(8(14)9(15)16)7(4)20-11(12)18/h6-7H,1H2,2-4H3,(H2,12,18)(H,15,16). The molecule has 0 heterocycles. The molecular formula is C11H16N2O7. The van der Waals surface area contributed by atoms with E-state index in [4.69, 9.17) is 15.6 Å². The van der Waals surface area contributed by atoms with E-state index in [1.165, 1.54) is 20.8 Å². The number of carbonyl (C=O) groups excluding carboxylic acids is 3. The number of esters is 1. The number of carboxylic acid groups (broad SMARTS) is 1. The average Bonchev–Trinajstić information content (AvgIpc) is 2.27. The zero-order valence-corrected chi connectivity index (χ0v) is 11.3. The van der Waals surface area contributed by atoms with E-state index in [1.54, 1.807) is 0 Å². The summed E-state index contributed by atoms with van der Waals surface area (Å²) in [6.07, 6.45) is -3.83. The summed E-state index contributed by atoms with van der Waals surface area (Å²) in [5.41, 5.74) is 4.85. The molecule has 0 spiro atoms. The quantitative estimate of drug-likeness (QED) is 0.309. The lowest BCUT2D eigenvalue weighted by molar-refractivity contribution is -0.180. The van der Waals surface area contributed by atoms with Crippen LogP contribution in [-0.2, 0) is 23.9 Å². The fourth-order valence-corrected chi connectivity index (χ4v) is 1.27. The van der Waals surface area contributed by atoms with Crippen molar-refractivity contribution in [2.75, 3.05) is 0 Å². The molecule has 0 saturated heterocycles. The summed E-state index contributed by atoms with van der Waals surface area (Å²) in [6, 6.07) is 0. The number of primary amides is 1. The minimum atomic E-state index is -1.80. The summed E-state index contributed by atoms with van der Waals surface area (Å²) in [6.45, 7) is 7.16. The first kappa shape index (κ1) is 17.4. The summed E-state index contributed by atoms with van der Waals surface area (Å²) in [7, 11) is 0. The SMILES string of the molecule is C=C(C)C(=O)OC(C)N(C(=O)C(=O)O)C(C)OC(N)=O. The molecule has 2 unspecified atom stereocenters. The highest BCUT2D eigenvalue weighted by molar-refractivity contribution is 6.31. The monoisotopic (exact) mass is 288 g/mol. The third-order valence-electron chi connectivity index (χ3n) is 2.11. The van der Waals surface area contributed by atoms with Crippen LogP contribution in [0.2, 0.25) is 0 Å². The van der Waals surface area contributed by atoms with Crippen molar-refractivity contribution < 1.29 is 33.8 Å². The largest absolute Gasteiger partial charge is 0.474 e. The van der Waals surface area contributed by atoms with Gasteiger partial charge in [-0.15, -0.1) is 0 Å². The highest BCUT2D eigenvalue weighted by atomic mass is 16.6. The third-order valence-corrected chi connectivity index (χ3v) is 2.11. The highest BCUT2D eigenvalue weighted by Crippen LogP contribution is 2.11. The Kier molecular flexibility index (Phi) is 6.20. The molecule has 0 aromatic carbocycles. The molecular weight excluding hydrogens is 272 g/mol. The van der Waals surface area contributed by atoms with Crippen LogP contribution in [0.25, 0.3) is 0 Å². The fraction of sp³-hybridized carbons (Fsp3) is 0.455. The van der Waals surface area contributed by atoms with Crippen LogP contribution >= 0.6 is 0 Å². The van der Waals surface area contributed by atoms with Crippen molar-refractivity contribution in [1.29, 1.82) is 0 Å². The van der Waals surface area contributed by atoms with E-state index in [9.17, 15) is 19.2 Å². The second-order valence-electron chi connectivity index (χ2n) is 3.84. The minimum absolute atomic E-state index is 0.0584. The molecule has 0 radical (unpaired) electrons. The predicted molar refractivity (Wildman–Crippen MR) is 65.0 cm³/mol. The Bertz CT molecular complexity index is 446. The first-order chi connectivity index (χ1) is 9.07. The summed E-state index contributed by atoms with van der Waals surface area (Å²) in [4.78, 5) is 44.8. The van der Waals surface area contributed by atoms with Gasteiger partial charge in [0.15, 0.2) is 12.5 Å². The van der Waals surface area contributed by atoms with E-state index in [0.29, 0.717) is 4.90 Å². The summed E-state index contributed by atoms with van der Waals surface area (Å²) in [5, 5.41) is 8.71. The van der Waals surface area contributed by atoms with Crippen LogP contribution in [0.1, 0.15) is 20.8 Å². The average molecular weight is 288 g/mol. The Morgan fingerprint density at radius 1 is 1.15 bits per heavy atom. The van der Waals surface area contributed by atoms with Gasteiger partial charge >= 0.3 is 23.9 Å². The maximum absolute atomic E-state index is 11.5. The molecule has 0 aromatic rings. The van der Waals surface area contributed by atoms with Crippen LogP contribution in [0, 0.1) is 0 Å². The third kappa shape index (κ3) is 4.96. The molecule has 20 heavy (non-hydrogen) atoms. The number of nitrogens with two attached hydrogens (primary N) is 1. The molecule has 0 fully saturated rings. The fourth-order valence-electron chi connectivity index (χ4n) is 1.27. The zero-order chi connectivity index (χ0) is 16.0. The maximum atomic E-state index is 11.5. The minimum Gasteiger partial charge on any atom is -0.474 e. The predicted octanol–water partition coefficient (Wildman–Crippen LogP) is -0.194. The van der Waals surface area contributed by atoms with E-state index < -0.39 is 36.4 Å². The summed E-state index contributed by atoms with van der Waals surface area (Å²) in [5.74, 6) is -4.05. The molecule has 0 saturated carbocycles. The van der Waals surface area contributed by atoms with E-state index >= 15 is 0 Å². The van der Waals surface area contributed by atoms with Crippen molar-refractivity contribution in [3.63, 3.8) is 0 Å². The molecule has 112 valence electrons. The van der Waals surface area contributed by atoms with Gasteiger partial charge in [0.1, 0.15) is 0 Å². The number of amides is 2. The topological polar surface area (TPSA) is 136 Å². The van der Waals surface area contributed by atoms with E-state index in [1.807, 2.05) is 0 Å². The summed E-state index contributed by atoms with van der Waals surface area (Å²) >= 11 is 0. The number of carboxylic acids is 1. The Balaban J connectivity index is 5.15. The first-order valence-electron chi connectivity index (χ1n) is 5.46. The van der Waals surface area contributed by atoms with Crippen molar-refractivity contribution in [2.24, 2.45) is 5.73 Å². The molecule has 0 aliphatic carbocycles. The molecule has 9 nitrogen and oxygen atoms in total. The number of aliphatic carboxylic acids is 1. The Morgan fingerprint density at radius 2 is 1.60 bits per heavy atom. The van der Waals surface area contributed by atoms with Crippen LogP contribution in [0.15, 0.2) is 12.2 Å². The van der Waals surface area contributed by atoms with Crippen LogP contribution < -0.4 is 5.73 Å². The van der Waals surface area contributed by atoms with E-state index in [2.05, 4.69) is 11.3 Å². The highest BCUT2D eigenvalue weighted by Gasteiger charge is 2.34. The number of rotatable bonds is 5. The summed E-state index contributed by atoms with van der Waals surface area (Å²) < 4.78 is 9.33. The molecule has 0 aliphatic heterocycles. The lowest BCUT2D eigenvalue weighted by Gasteiger charge is -2.31. The van der Waals surface area contributed by atoms with E-state index in [0.717, 1.165) is 0 Å². The Labute approximate surface area is 114 Å². The molecule has 9 heteroatoms. The van der Waals surface area contributed by atoms with Crippen LogP contribution in [0.5, 0.6) is 0 Å². The Hall–Kier alpha value is -2.58. The second-order valence-corrected chi connectivity index (χ2v) is 3.84. The van der Waals surface area contributed by atoms with Gasteiger partial charge in [-0.1, -0.05) is 6.58 Å². The molecule has 0 aliphatic rings.